The van der Waals surface area contributed by atoms with E-state index < -0.39 is 6.04 Å². The van der Waals surface area contributed by atoms with Gasteiger partial charge in [0.1, 0.15) is 12.6 Å². The van der Waals surface area contributed by atoms with Gasteiger partial charge in [-0.15, -0.1) is 0 Å². The van der Waals surface area contributed by atoms with Crippen LogP contribution < -0.4 is 0 Å². The summed E-state index contributed by atoms with van der Waals surface area (Å²) in [6, 6.07) is 17.1. The Morgan fingerprint density at radius 2 is 1.71 bits per heavy atom. The second kappa shape index (κ2) is 6.99. The first-order valence-corrected chi connectivity index (χ1v) is 9.13. The average Bonchev–Trinajstić information content (AvgIpc) is 2.63. The number of alkyl halides is 1. The predicted molar refractivity (Wildman–Crippen MR) is 98.2 cm³/mol. The van der Waals surface area contributed by atoms with E-state index in [9.17, 15) is 9.59 Å². The van der Waals surface area contributed by atoms with Crippen LogP contribution in [-0.2, 0) is 21.5 Å². The molecule has 0 N–H and O–H groups in total. The first kappa shape index (κ1) is 17.1. The fraction of sp³-hybridized carbons (Fsp3) is 0.300. The number of halogens is 1. The molecule has 0 aromatic heterocycles. The molecule has 0 bridgehead atoms. The maximum Gasteiger partial charge on any atom is 0.141 e. The van der Waals surface area contributed by atoms with Crippen LogP contribution in [0.25, 0.3) is 0 Å². The second-order valence-electron chi connectivity index (χ2n) is 6.46. The van der Waals surface area contributed by atoms with Crippen molar-refractivity contribution in [3.05, 3.63) is 71.3 Å². The molecule has 3 unspecified atom stereocenters. The van der Waals surface area contributed by atoms with Gasteiger partial charge in [0.2, 0.25) is 0 Å². The van der Waals surface area contributed by atoms with Crippen LogP contribution in [0.2, 0.25) is 0 Å². The summed E-state index contributed by atoms with van der Waals surface area (Å²) in [7, 11) is 0. The lowest BCUT2D eigenvalue weighted by Crippen LogP contribution is -2.56. The zero-order valence-corrected chi connectivity index (χ0v) is 15.1. The summed E-state index contributed by atoms with van der Waals surface area (Å²) in [5.41, 5.74) is 2.77. The van der Waals surface area contributed by atoms with Gasteiger partial charge in [0.05, 0.1) is 12.1 Å². The molecule has 124 valence electrons. The molecular formula is C20H20BrNO2. The summed E-state index contributed by atoms with van der Waals surface area (Å²) >= 11 is 3.60. The van der Waals surface area contributed by atoms with Gasteiger partial charge in [0.25, 0.3) is 0 Å². The predicted octanol–water partition coefficient (Wildman–Crippen LogP) is 3.66. The maximum atomic E-state index is 12.0. The van der Waals surface area contributed by atoms with E-state index in [1.165, 1.54) is 0 Å². The highest BCUT2D eigenvalue weighted by Gasteiger charge is 2.47. The third-order valence-electron chi connectivity index (χ3n) is 5.01. The topological polar surface area (TPSA) is 37.4 Å². The van der Waals surface area contributed by atoms with Crippen molar-refractivity contribution in [2.45, 2.75) is 31.0 Å². The molecule has 0 amide bonds. The molecule has 24 heavy (non-hydrogen) atoms. The van der Waals surface area contributed by atoms with Gasteiger partial charge in [-0.25, -0.2) is 0 Å². The average molecular weight is 386 g/mol. The molecule has 1 aliphatic heterocycles. The lowest BCUT2D eigenvalue weighted by atomic mass is 9.70. The van der Waals surface area contributed by atoms with Gasteiger partial charge >= 0.3 is 0 Å². The SMILES string of the molecule is CC1(CBr)c2ccccc2C(C=O)N(Cc2ccccc2)C1C=O. The molecule has 0 radical (unpaired) electrons. The second-order valence-corrected chi connectivity index (χ2v) is 7.02. The summed E-state index contributed by atoms with van der Waals surface area (Å²) in [6.45, 7) is 2.64. The van der Waals surface area contributed by atoms with Gasteiger partial charge in [-0.05, 0) is 16.7 Å². The van der Waals surface area contributed by atoms with E-state index in [-0.39, 0.29) is 11.5 Å². The molecule has 0 fully saturated rings. The van der Waals surface area contributed by atoms with Gasteiger partial charge in [0.15, 0.2) is 0 Å². The highest BCUT2D eigenvalue weighted by Crippen LogP contribution is 2.44. The Morgan fingerprint density at radius 3 is 2.33 bits per heavy atom. The van der Waals surface area contributed by atoms with Crippen molar-refractivity contribution in [3.63, 3.8) is 0 Å². The van der Waals surface area contributed by atoms with Crippen LogP contribution >= 0.6 is 15.9 Å². The first-order valence-electron chi connectivity index (χ1n) is 8.01. The van der Waals surface area contributed by atoms with E-state index in [0.29, 0.717) is 11.9 Å². The van der Waals surface area contributed by atoms with Crippen LogP contribution in [0.15, 0.2) is 54.6 Å². The number of hydrogen-bond donors (Lipinski definition) is 0. The minimum atomic E-state index is -0.413. The highest BCUT2D eigenvalue weighted by molar-refractivity contribution is 9.09. The van der Waals surface area contributed by atoms with E-state index in [4.69, 9.17) is 0 Å². The van der Waals surface area contributed by atoms with E-state index in [0.717, 1.165) is 29.3 Å². The largest absolute Gasteiger partial charge is 0.302 e. The zero-order valence-electron chi connectivity index (χ0n) is 13.6. The number of hydrogen-bond acceptors (Lipinski definition) is 3. The molecule has 1 aliphatic rings. The quantitative estimate of drug-likeness (QED) is 0.582. The van der Waals surface area contributed by atoms with Crippen LogP contribution in [-0.4, -0.2) is 28.8 Å². The van der Waals surface area contributed by atoms with Crippen LogP contribution in [0.3, 0.4) is 0 Å². The molecule has 0 aliphatic carbocycles. The van der Waals surface area contributed by atoms with E-state index >= 15 is 0 Å². The molecule has 1 heterocycles. The number of aldehydes is 2. The van der Waals surface area contributed by atoms with Gasteiger partial charge in [-0.1, -0.05) is 77.5 Å². The van der Waals surface area contributed by atoms with Crippen LogP contribution in [0.1, 0.15) is 29.7 Å². The summed E-state index contributed by atoms with van der Waals surface area (Å²) in [6.07, 6.45) is 1.93. The molecule has 2 aromatic carbocycles. The Balaban J connectivity index is 2.13. The van der Waals surface area contributed by atoms with Gasteiger partial charge in [-0.3, -0.25) is 4.90 Å². The Morgan fingerprint density at radius 1 is 1.04 bits per heavy atom. The standard InChI is InChI=1S/C20H20BrNO2/c1-20(14-21)17-10-6-5-9-16(17)18(12-23)22(19(20)13-24)11-15-7-3-2-4-8-15/h2-10,12-13,18-19H,11,14H2,1H3. The van der Waals surface area contributed by atoms with Crippen molar-refractivity contribution < 1.29 is 9.59 Å². The molecule has 0 saturated carbocycles. The van der Waals surface area contributed by atoms with E-state index in [2.05, 4.69) is 22.9 Å². The van der Waals surface area contributed by atoms with Crippen LogP contribution in [0, 0.1) is 0 Å². The molecule has 3 atom stereocenters. The normalized spacial score (nSPS) is 26.6. The lowest BCUT2D eigenvalue weighted by molar-refractivity contribution is -0.121. The summed E-state index contributed by atoms with van der Waals surface area (Å²) in [4.78, 5) is 26.0. The third-order valence-corrected chi connectivity index (χ3v) is 6.17. The maximum absolute atomic E-state index is 12.0. The van der Waals surface area contributed by atoms with E-state index in [1.807, 2.05) is 59.5 Å². The molecule has 0 saturated heterocycles. The Bertz CT molecular complexity index is 733. The number of benzene rings is 2. The summed E-state index contributed by atoms with van der Waals surface area (Å²) in [5.74, 6) is 0. The minimum Gasteiger partial charge on any atom is -0.302 e. The fourth-order valence-electron chi connectivity index (χ4n) is 3.67. The van der Waals surface area contributed by atoms with Crippen molar-refractivity contribution >= 4 is 28.5 Å². The molecule has 3 rings (SSSR count). The number of carbonyl (C=O) groups excluding carboxylic acids is 2. The third kappa shape index (κ3) is 2.74. The van der Waals surface area contributed by atoms with Crippen molar-refractivity contribution in [3.8, 4) is 0 Å². The number of fused-ring (bicyclic) bond motifs is 1. The number of carbonyl (C=O) groups is 2. The van der Waals surface area contributed by atoms with Gasteiger partial charge < -0.3 is 9.59 Å². The van der Waals surface area contributed by atoms with Crippen molar-refractivity contribution in [2.24, 2.45) is 0 Å². The monoisotopic (exact) mass is 385 g/mol. The first-order chi connectivity index (χ1) is 11.7. The molecule has 0 spiro atoms. The number of nitrogens with zero attached hydrogens (tertiary/aromatic N) is 1. The van der Waals surface area contributed by atoms with Crippen molar-refractivity contribution in [2.75, 3.05) is 5.33 Å². The Kier molecular flexibility index (Phi) is 4.97. The molecular weight excluding hydrogens is 366 g/mol. The number of rotatable bonds is 5. The summed E-state index contributed by atoms with van der Waals surface area (Å²) in [5, 5.41) is 0.650. The smallest absolute Gasteiger partial charge is 0.141 e. The fourth-order valence-corrected chi connectivity index (χ4v) is 4.31. The van der Waals surface area contributed by atoms with E-state index in [1.54, 1.807) is 0 Å². The van der Waals surface area contributed by atoms with Gasteiger partial charge in [-0.2, -0.15) is 0 Å². The Labute approximate surface area is 150 Å². The molecule has 4 heteroatoms. The van der Waals surface area contributed by atoms with Gasteiger partial charge in [0, 0.05) is 17.3 Å². The van der Waals surface area contributed by atoms with Crippen LogP contribution in [0.5, 0.6) is 0 Å². The Hall–Kier alpha value is -1.78. The minimum absolute atomic E-state index is 0.373. The van der Waals surface area contributed by atoms with Crippen molar-refractivity contribution in [1.29, 1.82) is 0 Å². The lowest BCUT2D eigenvalue weighted by Gasteiger charge is -2.49. The summed E-state index contributed by atoms with van der Waals surface area (Å²) < 4.78 is 0. The molecule has 3 nitrogen and oxygen atoms in total. The molecule has 2 aromatic rings. The zero-order chi connectivity index (χ0) is 17.2. The van der Waals surface area contributed by atoms with Crippen molar-refractivity contribution in [1.82, 2.24) is 4.90 Å². The van der Waals surface area contributed by atoms with Crippen LogP contribution in [0.4, 0.5) is 0 Å². The highest BCUT2D eigenvalue weighted by atomic mass is 79.9.